The third kappa shape index (κ3) is 6.32. The van der Waals surface area contributed by atoms with Gasteiger partial charge in [-0.05, 0) is 103 Å². The maximum Gasteiger partial charge on any atom is 0.256 e. The number of nitrogens with one attached hydrogen (secondary N) is 2. The summed E-state index contributed by atoms with van der Waals surface area (Å²) in [5.41, 5.74) is 16.5. The van der Waals surface area contributed by atoms with Crippen LogP contribution in [0.25, 0.3) is 11.1 Å². The summed E-state index contributed by atoms with van der Waals surface area (Å²) in [6.45, 7) is 8.03. The Balaban J connectivity index is 1.34. The van der Waals surface area contributed by atoms with Crippen LogP contribution in [0, 0.1) is 6.92 Å². The van der Waals surface area contributed by atoms with Gasteiger partial charge in [-0.2, -0.15) is 0 Å². The number of nitrogens with two attached hydrogens (primary N) is 1. The van der Waals surface area contributed by atoms with E-state index in [-0.39, 0.29) is 5.91 Å². The maximum atomic E-state index is 13.5. The molecular formula is C34H38N4O. The molecule has 3 aromatic rings. The highest BCUT2D eigenvalue weighted by Gasteiger charge is 2.21. The highest BCUT2D eigenvalue weighted by Crippen LogP contribution is 2.33. The van der Waals surface area contributed by atoms with E-state index < -0.39 is 0 Å². The molecule has 3 aromatic carbocycles. The van der Waals surface area contributed by atoms with Gasteiger partial charge in [0.05, 0.1) is 0 Å². The van der Waals surface area contributed by atoms with Crippen LogP contribution in [0.2, 0.25) is 0 Å². The largest absolute Gasteiger partial charge is 0.404 e. The lowest BCUT2D eigenvalue weighted by atomic mass is 9.93. The Labute approximate surface area is 232 Å². The Morgan fingerprint density at radius 2 is 1.90 bits per heavy atom. The lowest BCUT2D eigenvalue weighted by molar-refractivity contribution is -0.111. The lowest BCUT2D eigenvalue weighted by Crippen LogP contribution is -2.38. The third-order valence-corrected chi connectivity index (χ3v) is 7.67. The van der Waals surface area contributed by atoms with Crippen LogP contribution in [0.3, 0.4) is 0 Å². The molecule has 200 valence electrons. The summed E-state index contributed by atoms with van der Waals surface area (Å²) in [5.74, 6) is -0.0903. The first kappa shape index (κ1) is 26.5. The average molecular weight is 519 g/mol. The minimum atomic E-state index is -0.0903. The summed E-state index contributed by atoms with van der Waals surface area (Å²) in [6.07, 6.45) is 8.92. The highest BCUT2D eigenvalue weighted by molar-refractivity contribution is 6.27. The number of carbonyl (C=O) groups excluding carboxylic acids is 1. The Bertz CT molecular complexity index is 1430. The van der Waals surface area contributed by atoms with Crippen LogP contribution in [-0.2, 0) is 11.2 Å². The molecule has 2 heterocycles. The molecule has 0 radical (unpaired) electrons. The molecule has 5 nitrogen and oxygen atoms in total. The Hall–Kier alpha value is -4.09. The van der Waals surface area contributed by atoms with Crippen LogP contribution in [0.4, 0.5) is 11.4 Å². The maximum absolute atomic E-state index is 13.5. The number of likely N-dealkylation sites (tertiary alicyclic amines) is 1. The molecule has 0 atom stereocenters. The van der Waals surface area contributed by atoms with Crippen molar-refractivity contribution < 1.29 is 4.79 Å². The fourth-order valence-electron chi connectivity index (χ4n) is 5.25. The van der Waals surface area contributed by atoms with Crippen LogP contribution in [-0.4, -0.2) is 37.0 Å². The minimum absolute atomic E-state index is 0.0903. The predicted molar refractivity (Wildman–Crippen MR) is 164 cm³/mol. The van der Waals surface area contributed by atoms with E-state index in [9.17, 15) is 4.79 Å². The van der Waals surface area contributed by atoms with Gasteiger partial charge in [-0.1, -0.05) is 61.5 Å². The summed E-state index contributed by atoms with van der Waals surface area (Å²) >= 11 is 0. The summed E-state index contributed by atoms with van der Waals surface area (Å²) < 4.78 is 0. The van der Waals surface area contributed by atoms with Gasteiger partial charge >= 0.3 is 0 Å². The van der Waals surface area contributed by atoms with Crippen molar-refractivity contribution in [1.29, 1.82) is 0 Å². The minimum Gasteiger partial charge on any atom is -0.404 e. The van der Waals surface area contributed by atoms with Gasteiger partial charge in [0.25, 0.3) is 5.91 Å². The third-order valence-electron chi connectivity index (χ3n) is 7.67. The second-order valence-electron chi connectivity index (χ2n) is 10.4. The van der Waals surface area contributed by atoms with Crippen molar-refractivity contribution in [3.8, 4) is 0 Å². The Morgan fingerprint density at radius 3 is 2.59 bits per heavy atom. The predicted octanol–water partition coefficient (Wildman–Crippen LogP) is 6.38. The number of aryl methyl sites for hydroxylation is 1. The van der Waals surface area contributed by atoms with Gasteiger partial charge in [-0.3, -0.25) is 9.69 Å². The van der Waals surface area contributed by atoms with Gasteiger partial charge in [0.15, 0.2) is 0 Å². The van der Waals surface area contributed by atoms with Gasteiger partial charge < -0.3 is 16.4 Å². The van der Waals surface area contributed by atoms with E-state index in [2.05, 4.69) is 90.1 Å². The number of hydrogen-bond donors (Lipinski definition) is 3. The van der Waals surface area contributed by atoms with Gasteiger partial charge in [-0.15, -0.1) is 0 Å². The number of hydrogen-bond acceptors (Lipinski definition) is 4. The second-order valence-corrected chi connectivity index (χ2v) is 10.4. The molecule has 0 saturated carbocycles. The first-order chi connectivity index (χ1) is 19.0. The molecule has 2 aliphatic heterocycles. The van der Waals surface area contributed by atoms with Gasteiger partial charge in [0, 0.05) is 35.6 Å². The monoisotopic (exact) mass is 518 g/mol. The molecule has 0 aromatic heterocycles. The summed E-state index contributed by atoms with van der Waals surface area (Å²) in [4.78, 5) is 15.9. The van der Waals surface area contributed by atoms with E-state index in [1.807, 2.05) is 18.2 Å². The van der Waals surface area contributed by atoms with Crippen molar-refractivity contribution in [2.45, 2.75) is 33.1 Å². The van der Waals surface area contributed by atoms with Crippen LogP contribution in [0.15, 0.2) is 90.7 Å². The Morgan fingerprint density at radius 1 is 1.08 bits per heavy atom. The van der Waals surface area contributed by atoms with Gasteiger partial charge in [-0.25, -0.2) is 0 Å². The zero-order valence-electron chi connectivity index (χ0n) is 23.0. The molecule has 5 heteroatoms. The summed E-state index contributed by atoms with van der Waals surface area (Å²) in [6, 6.07) is 23.0. The fourth-order valence-corrected chi connectivity index (χ4v) is 5.25. The van der Waals surface area contributed by atoms with Gasteiger partial charge in [0.1, 0.15) is 0 Å². The second kappa shape index (κ2) is 12.2. The molecule has 0 spiro atoms. The number of rotatable bonds is 9. The van der Waals surface area contributed by atoms with Crippen LogP contribution in [0.5, 0.6) is 0 Å². The summed E-state index contributed by atoms with van der Waals surface area (Å²) in [7, 11) is 0. The van der Waals surface area contributed by atoms with E-state index in [0.717, 1.165) is 60.6 Å². The molecule has 0 aliphatic carbocycles. The van der Waals surface area contributed by atoms with E-state index in [4.69, 9.17) is 5.73 Å². The standard InChI is InChI=1S/C34H38N4O/c1-3-27(20-26(22-35)23-38-16-7-17-38)29-11-13-33-32(21-29)31(14-15-36-33)34(39)37-30-12-10-28(24(2)18-30)19-25-8-5-4-6-9-25/h4-6,8-14,18,20-22,36H,3,7,15-17,19,23,35H2,1-2H3,(H,37,39)/b26-22+,27-20+. The highest BCUT2D eigenvalue weighted by atomic mass is 16.1. The number of anilines is 2. The number of amides is 1. The molecule has 0 bridgehead atoms. The zero-order valence-corrected chi connectivity index (χ0v) is 23.0. The molecule has 39 heavy (non-hydrogen) atoms. The smallest absolute Gasteiger partial charge is 0.256 e. The molecule has 2 aliphatic rings. The van der Waals surface area contributed by atoms with Crippen molar-refractivity contribution in [1.82, 2.24) is 4.90 Å². The normalized spacial score (nSPS) is 15.6. The topological polar surface area (TPSA) is 70.4 Å². The number of fused-ring (bicyclic) bond motifs is 1. The number of benzene rings is 3. The van der Waals surface area contributed by atoms with E-state index >= 15 is 0 Å². The first-order valence-electron chi connectivity index (χ1n) is 13.9. The van der Waals surface area contributed by atoms with Crippen molar-refractivity contribution in [2.24, 2.45) is 5.73 Å². The molecule has 1 amide bonds. The molecule has 1 fully saturated rings. The van der Waals surface area contributed by atoms with Crippen LogP contribution >= 0.6 is 0 Å². The van der Waals surface area contributed by atoms with Gasteiger partial charge in [0.2, 0.25) is 0 Å². The van der Waals surface area contributed by atoms with Crippen molar-refractivity contribution in [2.75, 3.05) is 36.8 Å². The first-order valence-corrected chi connectivity index (χ1v) is 13.9. The number of carbonyl (C=O) groups is 1. The van der Waals surface area contributed by atoms with Crippen molar-refractivity contribution in [3.63, 3.8) is 0 Å². The van der Waals surface area contributed by atoms with Crippen LogP contribution < -0.4 is 16.4 Å². The fraction of sp³-hybridized carbons (Fsp3) is 0.265. The quantitative estimate of drug-likeness (QED) is 0.288. The van der Waals surface area contributed by atoms with Crippen molar-refractivity contribution in [3.05, 3.63) is 118 Å². The molecule has 1 saturated heterocycles. The summed E-state index contributed by atoms with van der Waals surface area (Å²) in [5, 5.41) is 6.56. The van der Waals surface area contributed by atoms with E-state index in [1.165, 1.54) is 28.7 Å². The average Bonchev–Trinajstić information content (AvgIpc) is 2.93. The van der Waals surface area contributed by atoms with Crippen LogP contribution in [0.1, 0.15) is 47.6 Å². The number of allylic oxidation sites excluding steroid dienone is 1. The molecule has 4 N–H and O–H groups in total. The number of nitrogens with zero attached hydrogens (tertiary/aromatic N) is 1. The van der Waals surface area contributed by atoms with E-state index in [1.54, 1.807) is 6.20 Å². The molecule has 0 unspecified atom stereocenters. The zero-order chi connectivity index (χ0) is 27.2. The van der Waals surface area contributed by atoms with Crippen molar-refractivity contribution >= 4 is 28.4 Å². The van der Waals surface area contributed by atoms with E-state index in [0.29, 0.717) is 12.1 Å². The molecular weight excluding hydrogens is 480 g/mol. The lowest BCUT2D eigenvalue weighted by Gasteiger charge is -2.31. The Kier molecular flexibility index (Phi) is 8.28. The molecule has 5 rings (SSSR count). The SMILES string of the molecule is CC/C(=C\C(=C/N)CN1CCC1)c1ccc2c(c1)C(C(=O)Nc1ccc(Cc3ccccc3)c(C)c1)=CCN2.